The molecular weight excluding hydrogens is 232 g/mol. The smallest absolute Gasteiger partial charge is 0.185 e. The van der Waals surface area contributed by atoms with Gasteiger partial charge in [0.05, 0.1) is 0 Å². The zero-order valence-electron chi connectivity index (χ0n) is 10.6. The molecule has 5 heteroatoms. The Morgan fingerprint density at radius 3 is 2.94 bits per heavy atom. The van der Waals surface area contributed by atoms with Crippen LogP contribution in [0.25, 0.3) is 0 Å². The van der Waals surface area contributed by atoms with Gasteiger partial charge in [-0.25, -0.2) is 9.67 Å². The Bertz CT molecular complexity index is 320. The predicted molar refractivity (Wildman–Crippen MR) is 71.2 cm³/mol. The first-order chi connectivity index (χ1) is 8.36. The number of aromatic nitrogens is 3. The van der Waals surface area contributed by atoms with Crippen molar-refractivity contribution in [1.29, 1.82) is 0 Å². The van der Waals surface area contributed by atoms with Gasteiger partial charge in [0.15, 0.2) is 5.16 Å². The molecule has 0 spiro atoms. The number of rotatable bonds is 6. The maximum Gasteiger partial charge on any atom is 0.185 e. The number of nitrogens with one attached hydrogen (secondary N) is 1. The zero-order chi connectivity index (χ0) is 11.9. The molecule has 0 radical (unpaired) electrons. The fourth-order valence-corrected chi connectivity index (χ4v) is 3.11. The molecule has 1 heterocycles. The van der Waals surface area contributed by atoms with Crippen molar-refractivity contribution in [3.05, 3.63) is 6.33 Å². The Morgan fingerprint density at radius 1 is 1.41 bits per heavy atom. The quantitative estimate of drug-likeness (QED) is 0.623. The van der Waals surface area contributed by atoms with Gasteiger partial charge in [-0.2, -0.15) is 5.10 Å². The van der Waals surface area contributed by atoms with E-state index >= 15 is 0 Å². The summed E-state index contributed by atoms with van der Waals surface area (Å²) >= 11 is 1.77. The lowest BCUT2D eigenvalue weighted by atomic mass is 9.89. The van der Waals surface area contributed by atoms with Crippen molar-refractivity contribution in [3.63, 3.8) is 0 Å². The van der Waals surface area contributed by atoms with E-state index in [-0.39, 0.29) is 0 Å². The maximum atomic E-state index is 4.19. The van der Waals surface area contributed by atoms with Crippen LogP contribution in [0.2, 0.25) is 0 Å². The SMILES string of the molecule is Cn1ncnc1SCCNCC1CCCCC1. The third kappa shape index (κ3) is 4.32. The van der Waals surface area contributed by atoms with Crippen molar-refractivity contribution in [2.45, 2.75) is 37.3 Å². The minimum absolute atomic E-state index is 0.920. The van der Waals surface area contributed by atoms with Gasteiger partial charge in [-0.3, -0.25) is 0 Å². The van der Waals surface area contributed by atoms with Gasteiger partial charge in [0.2, 0.25) is 0 Å². The summed E-state index contributed by atoms with van der Waals surface area (Å²) in [6.45, 7) is 2.26. The van der Waals surface area contributed by atoms with Gasteiger partial charge >= 0.3 is 0 Å². The highest BCUT2D eigenvalue weighted by Crippen LogP contribution is 2.22. The molecule has 0 saturated heterocycles. The average Bonchev–Trinajstić information content (AvgIpc) is 2.76. The second-order valence-corrected chi connectivity index (χ2v) is 5.78. The Balaban J connectivity index is 1.53. The number of nitrogens with zero attached hydrogens (tertiary/aromatic N) is 3. The summed E-state index contributed by atoms with van der Waals surface area (Å²) in [6, 6.07) is 0. The average molecular weight is 254 g/mol. The first kappa shape index (κ1) is 12.9. The second-order valence-electron chi connectivity index (χ2n) is 4.72. The molecule has 0 aliphatic heterocycles. The molecule has 4 nitrogen and oxygen atoms in total. The third-order valence-corrected chi connectivity index (χ3v) is 4.37. The molecule has 0 amide bonds. The van der Waals surface area contributed by atoms with Crippen LogP contribution in [0.4, 0.5) is 0 Å². The van der Waals surface area contributed by atoms with Crippen molar-refractivity contribution < 1.29 is 0 Å². The van der Waals surface area contributed by atoms with Crippen LogP contribution in [0.3, 0.4) is 0 Å². The predicted octanol–water partition coefficient (Wildman–Crippen LogP) is 2.08. The monoisotopic (exact) mass is 254 g/mol. The normalized spacial score (nSPS) is 17.5. The Kier molecular flexibility index (Phi) is 5.32. The Hall–Kier alpha value is -0.550. The van der Waals surface area contributed by atoms with Crippen LogP contribution < -0.4 is 5.32 Å². The van der Waals surface area contributed by atoms with Crippen LogP contribution in [-0.2, 0) is 7.05 Å². The Labute approximate surface area is 108 Å². The van der Waals surface area contributed by atoms with E-state index in [1.54, 1.807) is 18.1 Å². The van der Waals surface area contributed by atoms with E-state index in [4.69, 9.17) is 0 Å². The molecule has 1 aromatic heterocycles. The highest BCUT2D eigenvalue weighted by molar-refractivity contribution is 7.99. The molecule has 2 rings (SSSR count). The van der Waals surface area contributed by atoms with Crippen molar-refractivity contribution in [2.75, 3.05) is 18.8 Å². The molecule has 17 heavy (non-hydrogen) atoms. The van der Waals surface area contributed by atoms with Crippen LogP contribution in [0, 0.1) is 5.92 Å². The van der Waals surface area contributed by atoms with Crippen LogP contribution >= 0.6 is 11.8 Å². The summed E-state index contributed by atoms with van der Waals surface area (Å²) in [7, 11) is 1.94. The van der Waals surface area contributed by atoms with E-state index in [0.29, 0.717) is 0 Å². The number of hydrogen-bond donors (Lipinski definition) is 1. The molecule has 0 unspecified atom stereocenters. The first-order valence-corrected chi connectivity index (χ1v) is 7.52. The van der Waals surface area contributed by atoms with Gasteiger partial charge in [0.1, 0.15) is 6.33 Å². The van der Waals surface area contributed by atoms with Gasteiger partial charge in [-0.1, -0.05) is 31.0 Å². The number of thioether (sulfide) groups is 1. The summed E-state index contributed by atoms with van der Waals surface area (Å²) in [5.41, 5.74) is 0. The van der Waals surface area contributed by atoms with Gasteiger partial charge in [-0.05, 0) is 25.3 Å². The van der Waals surface area contributed by atoms with Crippen molar-refractivity contribution in [1.82, 2.24) is 20.1 Å². The molecule has 0 atom stereocenters. The maximum absolute atomic E-state index is 4.19. The third-order valence-electron chi connectivity index (χ3n) is 3.34. The molecule has 0 bridgehead atoms. The summed E-state index contributed by atoms with van der Waals surface area (Å²) < 4.78 is 1.83. The van der Waals surface area contributed by atoms with Crippen molar-refractivity contribution in [3.8, 4) is 0 Å². The lowest BCUT2D eigenvalue weighted by Crippen LogP contribution is -2.26. The molecule has 1 aliphatic carbocycles. The van der Waals surface area contributed by atoms with Gasteiger partial charge in [0.25, 0.3) is 0 Å². The molecule has 96 valence electrons. The van der Waals surface area contributed by atoms with Crippen LogP contribution in [0.15, 0.2) is 11.5 Å². The summed E-state index contributed by atoms with van der Waals surface area (Å²) in [5, 5.41) is 8.62. The summed E-state index contributed by atoms with van der Waals surface area (Å²) in [6.07, 6.45) is 8.75. The fourth-order valence-electron chi connectivity index (χ4n) is 2.33. The number of hydrogen-bond acceptors (Lipinski definition) is 4. The van der Waals surface area contributed by atoms with E-state index in [1.807, 2.05) is 11.7 Å². The Morgan fingerprint density at radius 2 is 2.24 bits per heavy atom. The largest absolute Gasteiger partial charge is 0.316 e. The molecule has 1 aromatic rings. The van der Waals surface area contributed by atoms with Crippen LogP contribution in [0.1, 0.15) is 32.1 Å². The fraction of sp³-hybridized carbons (Fsp3) is 0.833. The number of aryl methyl sites for hydroxylation is 1. The van der Waals surface area contributed by atoms with E-state index in [2.05, 4.69) is 15.4 Å². The first-order valence-electron chi connectivity index (χ1n) is 6.54. The lowest BCUT2D eigenvalue weighted by molar-refractivity contribution is 0.345. The van der Waals surface area contributed by atoms with Gasteiger partial charge < -0.3 is 5.32 Å². The molecule has 0 aromatic carbocycles. The van der Waals surface area contributed by atoms with Crippen LogP contribution in [0.5, 0.6) is 0 Å². The minimum atomic E-state index is 0.920. The molecular formula is C12H22N4S. The topological polar surface area (TPSA) is 42.7 Å². The molecule has 1 saturated carbocycles. The van der Waals surface area contributed by atoms with E-state index in [9.17, 15) is 0 Å². The van der Waals surface area contributed by atoms with E-state index in [1.165, 1.54) is 38.6 Å². The summed E-state index contributed by atoms with van der Waals surface area (Å²) in [5.74, 6) is 1.99. The van der Waals surface area contributed by atoms with E-state index < -0.39 is 0 Å². The zero-order valence-corrected chi connectivity index (χ0v) is 11.4. The van der Waals surface area contributed by atoms with Crippen molar-refractivity contribution >= 4 is 11.8 Å². The van der Waals surface area contributed by atoms with Gasteiger partial charge in [0, 0.05) is 19.3 Å². The van der Waals surface area contributed by atoms with E-state index in [0.717, 1.165) is 23.4 Å². The lowest BCUT2D eigenvalue weighted by Gasteiger charge is -2.21. The second kappa shape index (κ2) is 7.01. The highest BCUT2D eigenvalue weighted by Gasteiger charge is 2.12. The summed E-state index contributed by atoms with van der Waals surface area (Å²) in [4.78, 5) is 4.19. The van der Waals surface area contributed by atoms with Crippen molar-refractivity contribution in [2.24, 2.45) is 13.0 Å². The highest BCUT2D eigenvalue weighted by atomic mass is 32.2. The molecule has 1 N–H and O–H groups in total. The molecule has 1 aliphatic rings. The molecule has 1 fully saturated rings. The van der Waals surface area contributed by atoms with Crippen LogP contribution in [-0.4, -0.2) is 33.6 Å². The van der Waals surface area contributed by atoms with Gasteiger partial charge in [-0.15, -0.1) is 0 Å². The minimum Gasteiger partial charge on any atom is -0.316 e. The standard InChI is InChI=1S/C12H22N4S/c1-16-12(14-10-15-16)17-8-7-13-9-11-5-3-2-4-6-11/h10-11,13H,2-9H2,1H3.